The Morgan fingerprint density at radius 1 is 1.10 bits per heavy atom. The highest BCUT2D eigenvalue weighted by atomic mass is 16.8. The van der Waals surface area contributed by atoms with Gasteiger partial charge >= 0.3 is 5.97 Å². The van der Waals surface area contributed by atoms with E-state index in [1.165, 1.54) is 0 Å². The van der Waals surface area contributed by atoms with Crippen LogP contribution in [0, 0.1) is 23.7 Å². The lowest BCUT2D eigenvalue weighted by molar-refractivity contribution is -0.269. The van der Waals surface area contributed by atoms with Gasteiger partial charge in [0.1, 0.15) is 18.5 Å². The lowest BCUT2D eigenvalue weighted by atomic mass is 9.49. The summed E-state index contributed by atoms with van der Waals surface area (Å²) >= 11 is 0. The van der Waals surface area contributed by atoms with Crippen LogP contribution in [0.2, 0.25) is 0 Å². The Morgan fingerprint density at radius 3 is 2.65 bits per heavy atom. The van der Waals surface area contributed by atoms with Gasteiger partial charge in [0.25, 0.3) is 0 Å². The molecule has 170 valence electrons. The number of carbonyl (C=O) groups excluding carboxylic acids is 1. The predicted octanol–water partition coefficient (Wildman–Crippen LogP) is 2.91. The van der Waals surface area contributed by atoms with Crippen LogP contribution < -0.4 is 0 Å². The van der Waals surface area contributed by atoms with Crippen LogP contribution in [0.5, 0.6) is 0 Å². The number of esters is 1. The molecule has 31 heavy (non-hydrogen) atoms. The van der Waals surface area contributed by atoms with E-state index >= 15 is 0 Å². The number of hydrogen-bond donors (Lipinski definition) is 0. The summed E-state index contributed by atoms with van der Waals surface area (Å²) in [5.74, 6) is -0.360. The molecule has 7 nitrogen and oxygen atoms in total. The van der Waals surface area contributed by atoms with Crippen LogP contribution >= 0.6 is 0 Å². The standard InChI is InChI=1S/C24H32O7/c1-23(2)30-22-16-9-19-21(24(22,31-23)10-20(25)29-19)18(17(16)12-28-14-26-3)13-27-11-15-7-5-4-6-8-15/h4-8,16-19,21-22H,9-14H2,1-3H3/t16-,17-,18+,19+,21-,22+,24-/m0/s1. The van der Waals surface area contributed by atoms with Crippen molar-refractivity contribution in [3.05, 3.63) is 35.9 Å². The summed E-state index contributed by atoms with van der Waals surface area (Å²) in [6.45, 7) is 5.79. The van der Waals surface area contributed by atoms with Gasteiger partial charge in [0.2, 0.25) is 0 Å². The van der Waals surface area contributed by atoms with Crippen molar-refractivity contribution < 1.29 is 33.2 Å². The number of methoxy groups -OCH3 is 1. The smallest absolute Gasteiger partial charge is 0.309 e. The van der Waals surface area contributed by atoms with Gasteiger partial charge < -0.3 is 28.4 Å². The monoisotopic (exact) mass is 432 g/mol. The molecule has 1 aromatic rings. The summed E-state index contributed by atoms with van der Waals surface area (Å²) in [4.78, 5) is 12.5. The van der Waals surface area contributed by atoms with E-state index in [0.717, 1.165) is 12.0 Å². The van der Waals surface area contributed by atoms with Gasteiger partial charge in [-0.2, -0.15) is 0 Å². The van der Waals surface area contributed by atoms with E-state index in [-0.39, 0.29) is 55.1 Å². The van der Waals surface area contributed by atoms with Gasteiger partial charge in [0.15, 0.2) is 5.79 Å². The molecule has 1 aromatic carbocycles. The fraction of sp³-hybridized carbons (Fsp3) is 0.708. The van der Waals surface area contributed by atoms with Crippen LogP contribution in [-0.2, 0) is 39.8 Å². The molecule has 2 heterocycles. The summed E-state index contributed by atoms with van der Waals surface area (Å²) < 4.78 is 35.9. The molecule has 3 aliphatic carbocycles. The van der Waals surface area contributed by atoms with Crippen LogP contribution in [0.3, 0.4) is 0 Å². The maximum Gasteiger partial charge on any atom is 0.309 e. The molecular weight excluding hydrogens is 400 g/mol. The molecule has 3 saturated carbocycles. The topological polar surface area (TPSA) is 72.5 Å². The van der Waals surface area contributed by atoms with Crippen molar-refractivity contribution in [2.75, 3.05) is 27.1 Å². The minimum absolute atomic E-state index is 0.0221. The minimum atomic E-state index is -0.731. The van der Waals surface area contributed by atoms with Gasteiger partial charge in [0, 0.05) is 13.0 Å². The lowest BCUT2D eigenvalue weighted by Crippen LogP contribution is -2.72. The van der Waals surface area contributed by atoms with E-state index in [1.54, 1.807) is 7.11 Å². The Kier molecular flexibility index (Phi) is 5.59. The zero-order chi connectivity index (χ0) is 21.6. The summed E-state index contributed by atoms with van der Waals surface area (Å²) in [5, 5.41) is 0. The predicted molar refractivity (Wildman–Crippen MR) is 110 cm³/mol. The maximum absolute atomic E-state index is 12.5. The fourth-order valence-electron chi connectivity index (χ4n) is 6.57. The summed E-state index contributed by atoms with van der Waals surface area (Å²) in [5.41, 5.74) is 0.491. The minimum Gasteiger partial charge on any atom is -0.462 e. The largest absolute Gasteiger partial charge is 0.462 e. The second-order valence-electron chi connectivity index (χ2n) is 9.73. The third-order valence-corrected chi connectivity index (χ3v) is 7.38. The molecule has 5 aliphatic rings. The van der Waals surface area contributed by atoms with Gasteiger partial charge in [0.05, 0.1) is 32.3 Å². The lowest BCUT2D eigenvalue weighted by Gasteiger charge is -2.62. The van der Waals surface area contributed by atoms with Crippen molar-refractivity contribution in [3.8, 4) is 0 Å². The van der Waals surface area contributed by atoms with E-state index in [1.807, 2.05) is 32.0 Å². The van der Waals surface area contributed by atoms with Crippen molar-refractivity contribution in [1.82, 2.24) is 0 Å². The van der Waals surface area contributed by atoms with E-state index in [0.29, 0.717) is 19.8 Å². The van der Waals surface area contributed by atoms with Crippen molar-refractivity contribution in [2.45, 2.75) is 56.9 Å². The Labute approximate surface area is 183 Å². The zero-order valence-electron chi connectivity index (χ0n) is 18.5. The number of ether oxygens (including phenoxy) is 6. The molecule has 2 aliphatic heterocycles. The molecule has 7 heteroatoms. The van der Waals surface area contributed by atoms with E-state index < -0.39 is 11.4 Å². The highest BCUT2D eigenvalue weighted by Gasteiger charge is 2.74. The first-order valence-electron chi connectivity index (χ1n) is 11.2. The Bertz CT molecular complexity index is 796. The first-order valence-corrected chi connectivity index (χ1v) is 11.2. The Balaban J connectivity index is 1.42. The second kappa shape index (κ2) is 8.12. The number of fused-ring (bicyclic) bond motifs is 1. The average molecular weight is 433 g/mol. The first-order chi connectivity index (χ1) is 14.9. The third kappa shape index (κ3) is 3.70. The number of hydrogen-bond acceptors (Lipinski definition) is 7. The summed E-state index contributed by atoms with van der Waals surface area (Å²) in [6.07, 6.45) is 0.708. The molecule has 0 N–H and O–H groups in total. The molecule has 0 aromatic heterocycles. The van der Waals surface area contributed by atoms with E-state index in [9.17, 15) is 4.79 Å². The van der Waals surface area contributed by atoms with Gasteiger partial charge in [-0.15, -0.1) is 0 Å². The molecule has 2 saturated heterocycles. The molecule has 0 unspecified atom stereocenters. The summed E-state index contributed by atoms with van der Waals surface area (Å²) in [6, 6.07) is 10.2. The van der Waals surface area contributed by atoms with Crippen LogP contribution in [0.25, 0.3) is 0 Å². The Morgan fingerprint density at radius 2 is 1.87 bits per heavy atom. The normalized spacial score (nSPS) is 39.9. The van der Waals surface area contributed by atoms with Crippen LogP contribution in [0.15, 0.2) is 30.3 Å². The molecule has 1 spiro atoms. The van der Waals surface area contributed by atoms with E-state index in [2.05, 4.69) is 12.1 Å². The first kappa shape index (κ1) is 21.3. The molecule has 0 amide bonds. The third-order valence-electron chi connectivity index (χ3n) is 7.38. The maximum atomic E-state index is 12.5. The van der Waals surface area contributed by atoms with Crippen molar-refractivity contribution >= 4 is 5.97 Å². The van der Waals surface area contributed by atoms with Gasteiger partial charge in [-0.25, -0.2) is 0 Å². The Hall–Kier alpha value is -1.51. The highest BCUT2D eigenvalue weighted by Crippen LogP contribution is 2.64. The number of rotatable bonds is 8. The van der Waals surface area contributed by atoms with Crippen LogP contribution in [-0.4, -0.2) is 56.7 Å². The average Bonchev–Trinajstić information content (AvgIpc) is 3.00. The zero-order valence-corrected chi connectivity index (χ0v) is 18.5. The van der Waals surface area contributed by atoms with Crippen molar-refractivity contribution in [2.24, 2.45) is 23.7 Å². The van der Waals surface area contributed by atoms with Crippen LogP contribution in [0.1, 0.15) is 32.3 Å². The van der Waals surface area contributed by atoms with Gasteiger partial charge in [-0.3, -0.25) is 4.79 Å². The second-order valence-corrected chi connectivity index (χ2v) is 9.73. The molecule has 5 fully saturated rings. The van der Waals surface area contributed by atoms with Gasteiger partial charge in [-0.1, -0.05) is 30.3 Å². The van der Waals surface area contributed by atoms with Gasteiger partial charge in [-0.05, 0) is 43.6 Å². The molecule has 4 bridgehead atoms. The molecule has 0 radical (unpaired) electrons. The molecule has 6 rings (SSSR count). The number of benzene rings is 1. The van der Waals surface area contributed by atoms with Crippen molar-refractivity contribution in [1.29, 1.82) is 0 Å². The van der Waals surface area contributed by atoms with E-state index in [4.69, 9.17) is 28.4 Å². The molecular formula is C24H32O7. The fourth-order valence-corrected chi connectivity index (χ4v) is 6.57. The SMILES string of the molecule is COCOC[C@@H]1[C@@H](COCc2ccccc2)[C@H]2[C@H]3C[C@@H]1[C@H]1OC(C)(C)O[C@@]21CC(=O)O3. The summed E-state index contributed by atoms with van der Waals surface area (Å²) in [7, 11) is 1.63. The number of carbonyl (C=O) groups is 1. The highest BCUT2D eigenvalue weighted by molar-refractivity contribution is 5.73. The molecule has 7 atom stereocenters. The van der Waals surface area contributed by atoms with Crippen LogP contribution in [0.4, 0.5) is 0 Å². The quantitative estimate of drug-likeness (QED) is 0.355. The van der Waals surface area contributed by atoms with Crippen molar-refractivity contribution in [3.63, 3.8) is 0 Å².